The van der Waals surface area contributed by atoms with E-state index in [0.717, 1.165) is 23.7 Å². The van der Waals surface area contributed by atoms with Crippen molar-refractivity contribution in [3.63, 3.8) is 0 Å². The van der Waals surface area contributed by atoms with Crippen molar-refractivity contribution in [1.82, 2.24) is 0 Å². The normalized spacial score (nSPS) is 19.5. The maximum Gasteiger partial charge on any atom is -0.0216 e. The first kappa shape index (κ1) is 57.7. The largest absolute Gasteiger partial charge is 0.0620 e. The molecular weight excluding hydrogens is 745 g/mol. The number of rotatable bonds is 6. The highest BCUT2D eigenvalue weighted by Gasteiger charge is 2.41. The van der Waals surface area contributed by atoms with Gasteiger partial charge in [0.2, 0.25) is 0 Å². The van der Waals surface area contributed by atoms with E-state index in [2.05, 4.69) is 239 Å². The van der Waals surface area contributed by atoms with E-state index in [1.54, 1.807) is 0 Å². The molecule has 354 valence electrons. The van der Waals surface area contributed by atoms with Crippen LogP contribution < -0.4 is 0 Å². The van der Waals surface area contributed by atoms with Crippen LogP contribution >= 0.6 is 0 Å². The SMILES string of the molecule is CC(C)(C)C1CCC(C(C)(C)C)C1.CC(C)(C)C1CCCC1C(C)(C)C.CC(C)c1ccc(C(C)C)cc1.CC(C)c1cccc(C(C)C)c1.CC(C)c1ccccc1C(C)C. The van der Waals surface area contributed by atoms with Crippen LogP contribution in [0.4, 0.5) is 0 Å². The lowest BCUT2D eigenvalue weighted by Crippen LogP contribution is -2.32. The molecule has 4 unspecified atom stereocenters. The molecule has 2 saturated carbocycles. The smallest absolute Gasteiger partial charge is 0.0216 e. The molecule has 3 aromatic carbocycles. The van der Waals surface area contributed by atoms with E-state index in [1.807, 2.05) is 0 Å². The van der Waals surface area contributed by atoms with E-state index < -0.39 is 0 Å². The third kappa shape index (κ3) is 20.2. The molecule has 0 aromatic heterocycles. The van der Waals surface area contributed by atoms with Crippen LogP contribution in [0.25, 0.3) is 0 Å². The van der Waals surface area contributed by atoms with Crippen molar-refractivity contribution in [2.45, 2.75) is 240 Å². The topological polar surface area (TPSA) is 0 Å². The summed E-state index contributed by atoms with van der Waals surface area (Å²) in [5, 5.41) is 0. The van der Waals surface area contributed by atoms with Crippen LogP contribution in [0.15, 0.2) is 72.8 Å². The lowest BCUT2D eigenvalue weighted by molar-refractivity contribution is 0.0992. The molecule has 2 fully saturated rings. The summed E-state index contributed by atoms with van der Waals surface area (Å²) in [7, 11) is 0. The molecule has 0 aliphatic heterocycles. The highest BCUT2D eigenvalue weighted by molar-refractivity contribution is 5.32. The quantitative estimate of drug-likeness (QED) is 0.232. The van der Waals surface area contributed by atoms with Gasteiger partial charge in [-0.15, -0.1) is 0 Å². The Morgan fingerprint density at radius 1 is 0.339 bits per heavy atom. The molecule has 0 nitrogen and oxygen atoms in total. The van der Waals surface area contributed by atoms with Crippen molar-refractivity contribution in [1.29, 1.82) is 0 Å². The summed E-state index contributed by atoms with van der Waals surface area (Å²) in [5.41, 5.74) is 10.8. The molecule has 0 heterocycles. The molecule has 0 bridgehead atoms. The Bertz CT molecular complexity index is 1510. The molecule has 0 saturated heterocycles. The average Bonchev–Trinajstić information content (AvgIpc) is 3.88. The third-order valence-electron chi connectivity index (χ3n) is 14.4. The summed E-state index contributed by atoms with van der Waals surface area (Å²) in [4.78, 5) is 0. The average molecular weight is 852 g/mol. The van der Waals surface area contributed by atoms with Gasteiger partial charge in [-0.05, 0) is 146 Å². The van der Waals surface area contributed by atoms with Crippen molar-refractivity contribution in [2.24, 2.45) is 45.3 Å². The summed E-state index contributed by atoms with van der Waals surface area (Å²) in [6.45, 7) is 55.6. The van der Waals surface area contributed by atoms with E-state index in [4.69, 9.17) is 0 Å². The zero-order valence-electron chi connectivity index (χ0n) is 45.9. The lowest BCUT2D eigenvalue weighted by atomic mass is 9.66. The van der Waals surface area contributed by atoms with Gasteiger partial charge in [0.1, 0.15) is 0 Å². The predicted molar refractivity (Wildman–Crippen MR) is 283 cm³/mol. The van der Waals surface area contributed by atoms with Crippen LogP contribution in [-0.2, 0) is 0 Å². The monoisotopic (exact) mass is 851 g/mol. The van der Waals surface area contributed by atoms with Crippen molar-refractivity contribution >= 4 is 0 Å². The van der Waals surface area contributed by atoms with Gasteiger partial charge < -0.3 is 0 Å². The molecule has 4 atom stereocenters. The van der Waals surface area contributed by atoms with Gasteiger partial charge in [-0.3, -0.25) is 0 Å². The van der Waals surface area contributed by atoms with Crippen LogP contribution in [0, 0.1) is 45.3 Å². The summed E-state index contributed by atoms with van der Waals surface area (Å²) in [6, 6.07) is 26.6. The summed E-state index contributed by atoms with van der Waals surface area (Å²) in [6.07, 6.45) is 8.70. The lowest BCUT2D eigenvalue weighted by Gasteiger charge is -2.39. The Balaban J connectivity index is 0.000000388. The van der Waals surface area contributed by atoms with E-state index >= 15 is 0 Å². The minimum absolute atomic E-state index is 0.508. The molecule has 2 aliphatic rings. The molecule has 0 N–H and O–H groups in total. The van der Waals surface area contributed by atoms with Crippen molar-refractivity contribution in [3.8, 4) is 0 Å². The summed E-state index contributed by atoms with van der Waals surface area (Å²) >= 11 is 0. The number of benzene rings is 3. The number of hydrogen-bond acceptors (Lipinski definition) is 0. The molecule has 0 radical (unpaired) electrons. The maximum atomic E-state index is 2.40. The van der Waals surface area contributed by atoms with Crippen LogP contribution in [-0.4, -0.2) is 0 Å². The zero-order valence-corrected chi connectivity index (χ0v) is 45.9. The molecule has 2 aliphatic carbocycles. The van der Waals surface area contributed by atoms with Gasteiger partial charge in [-0.1, -0.05) is 245 Å². The summed E-state index contributed by atoms with van der Waals surface area (Å²) in [5.74, 6) is 7.64. The van der Waals surface area contributed by atoms with Crippen LogP contribution in [0.2, 0.25) is 0 Å². The highest BCUT2D eigenvalue weighted by atomic mass is 14.5. The third-order valence-corrected chi connectivity index (χ3v) is 14.4. The Morgan fingerprint density at radius 2 is 0.645 bits per heavy atom. The van der Waals surface area contributed by atoms with E-state index in [1.165, 1.54) is 71.9 Å². The van der Waals surface area contributed by atoms with Gasteiger partial charge in [0.15, 0.2) is 0 Å². The molecule has 0 spiro atoms. The molecule has 0 amide bonds. The van der Waals surface area contributed by atoms with Crippen LogP contribution in [0.5, 0.6) is 0 Å². The second-order valence-electron chi connectivity index (χ2n) is 25.7. The zero-order chi connectivity index (χ0) is 48.0. The first-order valence-electron chi connectivity index (χ1n) is 25.6. The Labute approximate surface area is 390 Å². The van der Waals surface area contributed by atoms with Crippen molar-refractivity contribution in [2.75, 3.05) is 0 Å². The second kappa shape index (κ2) is 25.4. The molecule has 5 rings (SSSR count). The molecular formula is C62H106. The fourth-order valence-corrected chi connectivity index (χ4v) is 9.69. The van der Waals surface area contributed by atoms with Crippen molar-refractivity contribution in [3.05, 3.63) is 106 Å². The van der Waals surface area contributed by atoms with E-state index in [-0.39, 0.29) is 0 Å². The van der Waals surface area contributed by atoms with Gasteiger partial charge in [-0.25, -0.2) is 0 Å². The first-order valence-corrected chi connectivity index (χ1v) is 25.6. The van der Waals surface area contributed by atoms with Gasteiger partial charge in [-0.2, -0.15) is 0 Å². The van der Waals surface area contributed by atoms with Crippen LogP contribution in [0.3, 0.4) is 0 Å². The fourth-order valence-electron chi connectivity index (χ4n) is 9.69. The van der Waals surface area contributed by atoms with E-state index in [0.29, 0.717) is 57.2 Å². The van der Waals surface area contributed by atoms with Crippen LogP contribution in [0.1, 0.15) is 274 Å². The van der Waals surface area contributed by atoms with Crippen molar-refractivity contribution < 1.29 is 0 Å². The highest BCUT2D eigenvalue weighted by Crippen LogP contribution is 2.51. The summed E-state index contributed by atoms with van der Waals surface area (Å²) < 4.78 is 0. The van der Waals surface area contributed by atoms with Gasteiger partial charge in [0, 0.05) is 0 Å². The Hall–Kier alpha value is -2.34. The maximum absolute atomic E-state index is 2.40. The predicted octanol–water partition coefficient (Wildman–Crippen LogP) is 20.8. The standard InChI is InChI=1S/2C13H26.3C12H18/c1-12(2,3)10-7-8-11(9-10)13(4,5)6;1-12(2,3)10-8-7-9-11(10)13(4,5)6;1-9(2)11-5-7-12(8-6-11)10(3)4;1-9(2)11-6-5-7-12(8-11)10(3)4;1-9(2)11-7-5-6-8-12(11)10(3)4/h2*10-11H,7-9H2,1-6H3;3*5-10H,1-4H3. The number of hydrogen-bond donors (Lipinski definition) is 0. The second-order valence-corrected chi connectivity index (χ2v) is 25.7. The van der Waals surface area contributed by atoms with Gasteiger partial charge in [0.05, 0.1) is 0 Å². The first-order chi connectivity index (χ1) is 28.3. The minimum Gasteiger partial charge on any atom is -0.0620 e. The Morgan fingerprint density at radius 3 is 0.871 bits per heavy atom. The van der Waals surface area contributed by atoms with Gasteiger partial charge >= 0.3 is 0 Å². The van der Waals surface area contributed by atoms with E-state index in [9.17, 15) is 0 Å². The van der Waals surface area contributed by atoms with Gasteiger partial charge in [0.25, 0.3) is 0 Å². The Kier molecular flexibility index (Phi) is 23.6. The molecule has 3 aromatic rings. The molecule has 0 heteroatoms. The fraction of sp³-hybridized carbons (Fsp3) is 0.710. The minimum atomic E-state index is 0.508. The molecule has 62 heavy (non-hydrogen) atoms.